The highest BCUT2D eigenvalue weighted by Gasteiger charge is 2.31. The van der Waals surface area contributed by atoms with E-state index in [1.54, 1.807) is 0 Å². The van der Waals surface area contributed by atoms with Gasteiger partial charge in [-0.15, -0.1) is 0 Å². The van der Waals surface area contributed by atoms with E-state index in [0.717, 1.165) is 16.7 Å². The highest BCUT2D eigenvalue weighted by molar-refractivity contribution is 6.08. The Morgan fingerprint density at radius 2 is 1.50 bits per heavy atom. The lowest BCUT2D eigenvalue weighted by Crippen LogP contribution is -2.29. The van der Waals surface area contributed by atoms with Crippen LogP contribution in [0.25, 0.3) is 6.08 Å². The molecule has 1 aliphatic heterocycles. The van der Waals surface area contributed by atoms with Gasteiger partial charge in [0, 0.05) is 37.1 Å². The number of esters is 1. The summed E-state index contributed by atoms with van der Waals surface area (Å²) in [4.78, 5) is 37.1. The van der Waals surface area contributed by atoms with Gasteiger partial charge in [-0.05, 0) is 41.0 Å². The maximum Gasteiger partial charge on any atom is 0.308 e. The minimum Gasteiger partial charge on any atom is -0.426 e. The van der Waals surface area contributed by atoms with Gasteiger partial charge < -0.3 is 4.74 Å². The number of rotatable bonds is 2. The van der Waals surface area contributed by atoms with Gasteiger partial charge in [-0.3, -0.25) is 19.3 Å². The van der Waals surface area contributed by atoms with Crippen molar-refractivity contribution < 1.29 is 19.1 Å². The summed E-state index contributed by atoms with van der Waals surface area (Å²) in [5.41, 5.74) is 2.80. The maximum absolute atomic E-state index is 12.5. The molecule has 0 spiro atoms. The van der Waals surface area contributed by atoms with E-state index in [2.05, 4.69) is 41.5 Å². The van der Waals surface area contributed by atoms with Crippen LogP contribution in [0.3, 0.4) is 0 Å². The first-order chi connectivity index (χ1) is 12.7. The average molecular weight is 386 g/mol. The molecule has 1 aliphatic rings. The Morgan fingerprint density at radius 3 is 1.86 bits per heavy atom. The lowest BCUT2D eigenvalue weighted by atomic mass is 9.78. The van der Waals surface area contributed by atoms with Gasteiger partial charge in [0.05, 0.1) is 0 Å². The zero-order valence-electron chi connectivity index (χ0n) is 18.2. The predicted octanol–water partition coefficient (Wildman–Crippen LogP) is 4.37. The first-order valence-corrected chi connectivity index (χ1v) is 9.62. The Balaban J connectivity index is 2.67. The van der Waals surface area contributed by atoms with E-state index in [1.807, 2.05) is 18.2 Å². The van der Waals surface area contributed by atoms with Crippen LogP contribution in [-0.2, 0) is 25.2 Å². The maximum atomic E-state index is 12.5. The zero-order valence-corrected chi connectivity index (χ0v) is 18.2. The Labute approximate surface area is 167 Å². The Hall–Kier alpha value is -2.43. The summed E-state index contributed by atoms with van der Waals surface area (Å²) in [5, 5.41) is 0. The van der Waals surface area contributed by atoms with E-state index >= 15 is 0 Å². The van der Waals surface area contributed by atoms with E-state index in [1.165, 1.54) is 18.7 Å². The number of carbonyl (C=O) groups excluding carboxylic acids is 3. The summed E-state index contributed by atoms with van der Waals surface area (Å²) in [6.45, 7) is 15.6. The van der Waals surface area contributed by atoms with Crippen molar-refractivity contribution in [2.75, 3.05) is 6.54 Å². The number of imide groups is 1. The van der Waals surface area contributed by atoms with Crippen molar-refractivity contribution in [3.05, 3.63) is 34.4 Å². The number of carbonyl (C=O) groups is 3. The number of amides is 2. The van der Waals surface area contributed by atoms with Crippen LogP contribution in [0.15, 0.2) is 17.7 Å². The Morgan fingerprint density at radius 1 is 1.00 bits per heavy atom. The second-order valence-corrected chi connectivity index (χ2v) is 9.43. The van der Waals surface area contributed by atoms with Crippen LogP contribution in [0.4, 0.5) is 0 Å². The van der Waals surface area contributed by atoms with Crippen molar-refractivity contribution in [3.63, 3.8) is 0 Å². The minimum absolute atomic E-state index is 0.230. The molecule has 0 bridgehead atoms. The normalized spacial score (nSPS) is 16.6. The molecule has 1 aromatic carbocycles. The minimum atomic E-state index is -0.356. The van der Waals surface area contributed by atoms with E-state index < -0.39 is 0 Å². The third-order valence-electron chi connectivity index (χ3n) is 4.82. The summed E-state index contributed by atoms with van der Waals surface area (Å²) in [6, 6.07) is 3.95. The molecule has 0 N–H and O–H groups in total. The van der Waals surface area contributed by atoms with Crippen LogP contribution in [-0.4, -0.2) is 29.2 Å². The van der Waals surface area contributed by atoms with Crippen LogP contribution in [0, 0.1) is 0 Å². The Bertz CT molecular complexity index is 815. The van der Waals surface area contributed by atoms with Gasteiger partial charge in [0.15, 0.2) is 0 Å². The summed E-state index contributed by atoms with van der Waals surface area (Å²) < 4.78 is 5.64. The molecule has 1 fully saturated rings. The molecule has 152 valence electrons. The summed E-state index contributed by atoms with van der Waals surface area (Å²) >= 11 is 0. The highest BCUT2D eigenvalue weighted by atomic mass is 16.5. The summed E-state index contributed by atoms with van der Waals surface area (Å²) in [6.07, 6.45) is 2.40. The summed E-state index contributed by atoms with van der Waals surface area (Å²) in [7, 11) is 0. The molecule has 0 atom stereocenters. The third-order valence-corrected chi connectivity index (χ3v) is 4.82. The highest BCUT2D eigenvalue weighted by Crippen LogP contribution is 2.41. The molecule has 0 aliphatic carbocycles. The molecule has 2 amide bonds. The van der Waals surface area contributed by atoms with Gasteiger partial charge in [0.25, 0.3) is 5.91 Å². The topological polar surface area (TPSA) is 63.7 Å². The van der Waals surface area contributed by atoms with Crippen LogP contribution < -0.4 is 4.74 Å². The largest absolute Gasteiger partial charge is 0.426 e. The molecule has 28 heavy (non-hydrogen) atoms. The number of hydrogen-bond donors (Lipinski definition) is 0. The predicted molar refractivity (Wildman–Crippen MR) is 110 cm³/mol. The first kappa shape index (κ1) is 21.9. The van der Waals surface area contributed by atoms with Gasteiger partial charge >= 0.3 is 5.97 Å². The van der Waals surface area contributed by atoms with E-state index in [-0.39, 0.29) is 28.6 Å². The van der Waals surface area contributed by atoms with Crippen LogP contribution in [0.5, 0.6) is 5.75 Å². The van der Waals surface area contributed by atoms with Gasteiger partial charge in [-0.25, -0.2) is 0 Å². The SMILES string of the molecule is CC(=O)Oc1c(C(C)(C)C)cc(C=C2CCN(C(C)=O)C2=O)cc1C(C)(C)C. The van der Waals surface area contributed by atoms with E-state index in [4.69, 9.17) is 4.74 Å². The number of hydrogen-bond acceptors (Lipinski definition) is 4. The van der Waals surface area contributed by atoms with Gasteiger partial charge in [0.1, 0.15) is 5.75 Å². The molecular weight excluding hydrogens is 354 g/mol. The quantitative estimate of drug-likeness (QED) is 0.431. The van der Waals surface area contributed by atoms with Crippen molar-refractivity contribution in [1.29, 1.82) is 0 Å². The average Bonchev–Trinajstić information content (AvgIpc) is 2.87. The second kappa shape index (κ2) is 7.53. The van der Waals surface area contributed by atoms with E-state index in [0.29, 0.717) is 24.3 Å². The third kappa shape index (κ3) is 4.70. The standard InChI is InChI=1S/C23H31NO4/c1-14(25)24-10-9-17(21(24)27)11-16-12-18(22(3,4)5)20(28-15(2)26)19(13-16)23(6,7)8/h11-13H,9-10H2,1-8H3. The number of ether oxygens (including phenoxy) is 1. The molecule has 2 rings (SSSR count). The van der Waals surface area contributed by atoms with Gasteiger partial charge in [-0.1, -0.05) is 41.5 Å². The second-order valence-electron chi connectivity index (χ2n) is 9.43. The van der Waals surface area contributed by atoms with Gasteiger partial charge in [-0.2, -0.15) is 0 Å². The number of benzene rings is 1. The van der Waals surface area contributed by atoms with Crippen LogP contribution in [0.1, 0.15) is 78.5 Å². The Kier molecular flexibility index (Phi) is 5.88. The molecule has 1 saturated heterocycles. The fourth-order valence-electron chi connectivity index (χ4n) is 3.35. The lowest BCUT2D eigenvalue weighted by molar-refractivity contribution is -0.139. The van der Waals surface area contributed by atoms with Crippen molar-refractivity contribution in [1.82, 2.24) is 4.90 Å². The monoisotopic (exact) mass is 385 g/mol. The van der Waals surface area contributed by atoms with Gasteiger partial charge in [0.2, 0.25) is 5.91 Å². The molecule has 0 radical (unpaired) electrons. The first-order valence-electron chi connectivity index (χ1n) is 9.62. The van der Waals surface area contributed by atoms with Crippen molar-refractivity contribution in [2.45, 2.75) is 72.6 Å². The van der Waals surface area contributed by atoms with E-state index in [9.17, 15) is 14.4 Å². The molecule has 0 unspecified atom stereocenters. The smallest absolute Gasteiger partial charge is 0.308 e. The number of likely N-dealkylation sites (tertiary alicyclic amines) is 1. The molecule has 0 aromatic heterocycles. The molecule has 5 heteroatoms. The molecule has 0 saturated carbocycles. The molecule has 1 heterocycles. The lowest BCUT2D eigenvalue weighted by Gasteiger charge is -2.29. The van der Waals surface area contributed by atoms with Crippen LogP contribution >= 0.6 is 0 Å². The zero-order chi connectivity index (χ0) is 21.4. The van der Waals surface area contributed by atoms with Crippen LogP contribution in [0.2, 0.25) is 0 Å². The molecule has 1 aromatic rings. The number of nitrogens with zero attached hydrogens (tertiary/aromatic N) is 1. The van der Waals surface area contributed by atoms with Crippen molar-refractivity contribution in [2.24, 2.45) is 0 Å². The molecular formula is C23H31NO4. The fraction of sp³-hybridized carbons (Fsp3) is 0.522. The molecule has 5 nitrogen and oxygen atoms in total. The summed E-state index contributed by atoms with van der Waals surface area (Å²) in [5.74, 6) is -0.224. The van der Waals surface area contributed by atoms with Crippen molar-refractivity contribution >= 4 is 23.9 Å². The fourth-order valence-corrected chi connectivity index (χ4v) is 3.35. The van der Waals surface area contributed by atoms with Crippen molar-refractivity contribution in [3.8, 4) is 5.75 Å².